The van der Waals surface area contributed by atoms with Crippen LogP contribution in [0.5, 0.6) is 5.75 Å². The van der Waals surface area contributed by atoms with Crippen molar-refractivity contribution in [3.63, 3.8) is 0 Å². The Labute approximate surface area is 177 Å². The molecule has 0 aliphatic heterocycles. The van der Waals surface area contributed by atoms with Crippen LogP contribution in [0.4, 0.5) is 0 Å². The monoisotopic (exact) mass is 390 g/mol. The molecule has 0 amide bonds. The highest BCUT2D eigenvalue weighted by Crippen LogP contribution is 2.14. The Morgan fingerprint density at radius 2 is 1.17 bits per heavy atom. The minimum atomic E-state index is 0.552. The molecule has 4 rings (SSSR count). The average molecular weight is 390 g/mol. The van der Waals surface area contributed by atoms with E-state index in [-0.39, 0.29) is 0 Å². The summed E-state index contributed by atoms with van der Waals surface area (Å²) in [5, 5.41) is 8.85. The van der Waals surface area contributed by atoms with Crippen molar-refractivity contribution >= 4 is 11.9 Å². The number of hydrogen-bond acceptors (Lipinski definition) is 3. The Bertz CT molecular complexity index is 1060. The lowest BCUT2D eigenvalue weighted by molar-refractivity contribution is 0.306. The lowest BCUT2D eigenvalue weighted by atomic mass is 10.0. The van der Waals surface area contributed by atoms with Gasteiger partial charge in [-0.2, -0.15) is 5.10 Å². The summed E-state index contributed by atoms with van der Waals surface area (Å²) >= 11 is 0. The number of nitrogens with zero attached hydrogens (tertiary/aromatic N) is 2. The first-order valence-corrected chi connectivity index (χ1v) is 9.87. The van der Waals surface area contributed by atoms with Crippen LogP contribution < -0.4 is 4.74 Å². The van der Waals surface area contributed by atoms with Gasteiger partial charge in [-0.25, -0.2) is 0 Å². The van der Waals surface area contributed by atoms with E-state index >= 15 is 0 Å². The maximum atomic E-state index is 5.83. The molecule has 30 heavy (non-hydrogen) atoms. The standard InChI is InChI=1S/C27H22N2O/c1-4-10-23(11-5-1)21-30-26-18-16-22(17-19-26)20-28-29-27(24-12-6-2-7-13-24)25-14-8-3-9-15-25/h1-20H,21H2. The highest BCUT2D eigenvalue weighted by molar-refractivity contribution is 6.12. The Morgan fingerprint density at radius 3 is 1.73 bits per heavy atom. The molecule has 0 unspecified atom stereocenters. The topological polar surface area (TPSA) is 34.0 Å². The molecular formula is C27H22N2O. The van der Waals surface area contributed by atoms with Gasteiger partial charge >= 0.3 is 0 Å². The third kappa shape index (κ3) is 5.30. The average Bonchev–Trinajstić information content (AvgIpc) is 2.83. The third-order valence-electron chi connectivity index (χ3n) is 4.59. The first-order chi connectivity index (χ1) is 14.9. The lowest BCUT2D eigenvalue weighted by Crippen LogP contribution is -2.02. The van der Waals surface area contributed by atoms with E-state index in [9.17, 15) is 0 Å². The van der Waals surface area contributed by atoms with Gasteiger partial charge in [0, 0.05) is 11.1 Å². The smallest absolute Gasteiger partial charge is 0.119 e. The summed E-state index contributed by atoms with van der Waals surface area (Å²) in [5.74, 6) is 0.828. The fraction of sp³-hybridized carbons (Fsp3) is 0.0370. The molecule has 0 radical (unpaired) electrons. The largest absolute Gasteiger partial charge is 0.489 e. The van der Waals surface area contributed by atoms with E-state index in [1.807, 2.05) is 103 Å². The van der Waals surface area contributed by atoms with Gasteiger partial charge in [0.2, 0.25) is 0 Å². The summed E-state index contributed by atoms with van der Waals surface area (Å²) in [6.45, 7) is 0.552. The molecule has 0 saturated carbocycles. The highest BCUT2D eigenvalue weighted by Gasteiger charge is 2.05. The zero-order valence-electron chi connectivity index (χ0n) is 16.6. The highest BCUT2D eigenvalue weighted by atomic mass is 16.5. The molecule has 3 nitrogen and oxygen atoms in total. The molecule has 0 spiro atoms. The van der Waals surface area contributed by atoms with Crippen LogP contribution >= 0.6 is 0 Å². The van der Waals surface area contributed by atoms with Crippen molar-refractivity contribution in [2.45, 2.75) is 6.61 Å². The number of ether oxygens (including phenoxy) is 1. The maximum Gasteiger partial charge on any atom is 0.119 e. The second-order valence-corrected chi connectivity index (χ2v) is 6.77. The Morgan fingerprint density at radius 1 is 0.633 bits per heavy atom. The molecule has 0 N–H and O–H groups in total. The van der Waals surface area contributed by atoms with E-state index in [2.05, 4.69) is 22.3 Å². The quantitative estimate of drug-likeness (QED) is 0.276. The van der Waals surface area contributed by atoms with Gasteiger partial charge in [0.1, 0.15) is 18.1 Å². The fourth-order valence-electron chi connectivity index (χ4n) is 3.02. The van der Waals surface area contributed by atoms with Crippen molar-refractivity contribution in [3.8, 4) is 5.75 Å². The van der Waals surface area contributed by atoms with E-state index in [1.54, 1.807) is 6.21 Å². The molecule has 3 heteroatoms. The predicted octanol–water partition coefficient (Wildman–Crippen LogP) is 6.14. The normalized spacial score (nSPS) is 10.7. The van der Waals surface area contributed by atoms with Gasteiger partial charge < -0.3 is 4.74 Å². The zero-order chi connectivity index (χ0) is 20.4. The van der Waals surface area contributed by atoms with Crippen LogP contribution in [0.15, 0.2) is 125 Å². The fourth-order valence-corrected chi connectivity index (χ4v) is 3.02. The van der Waals surface area contributed by atoms with Crippen LogP contribution in [-0.4, -0.2) is 11.9 Å². The molecule has 0 bridgehead atoms. The molecule has 0 saturated heterocycles. The summed E-state index contributed by atoms with van der Waals surface area (Å²) in [5.41, 5.74) is 5.02. The second-order valence-electron chi connectivity index (χ2n) is 6.77. The molecule has 4 aromatic carbocycles. The van der Waals surface area contributed by atoms with Gasteiger partial charge in [-0.15, -0.1) is 5.10 Å². The Balaban J connectivity index is 1.47. The molecule has 0 atom stereocenters. The summed E-state index contributed by atoms with van der Waals surface area (Å²) in [6, 6.07) is 38.2. The number of benzene rings is 4. The van der Waals surface area contributed by atoms with Gasteiger partial charge in [0.15, 0.2) is 0 Å². The third-order valence-corrected chi connectivity index (χ3v) is 4.59. The van der Waals surface area contributed by atoms with E-state index in [4.69, 9.17) is 4.74 Å². The lowest BCUT2D eigenvalue weighted by Gasteiger charge is -2.06. The van der Waals surface area contributed by atoms with Crippen LogP contribution in [0.2, 0.25) is 0 Å². The van der Waals surface area contributed by atoms with Gasteiger partial charge in [-0.3, -0.25) is 0 Å². The van der Waals surface area contributed by atoms with Crippen molar-refractivity contribution in [2.75, 3.05) is 0 Å². The van der Waals surface area contributed by atoms with E-state index < -0.39 is 0 Å². The predicted molar refractivity (Wildman–Crippen MR) is 123 cm³/mol. The maximum absolute atomic E-state index is 5.83. The second kappa shape index (κ2) is 9.99. The van der Waals surface area contributed by atoms with Crippen molar-refractivity contribution < 1.29 is 4.74 Å². The molecule has 0 heterocycles. The molecule has 0 fully saturated rings. The SMILES string of the molecule is C(=NN=C(c1ccccc1)c1ccccc1)c1ccc(OCc2ccccc2)cc1. The minimum absolute atomic E-state index is 0.552. The summed E-state index contributed by atoms with van der Waals surface area (Å²) in [7, 11) is 0. The molecule has 146 valence electrons. The zero-order valence-corrected chi connectivity index (χ0v) is 16.6. The van der Waals surface area contributed by atoms with Gasteiger partial charge in [-0.1, -0.05) is 91.0 Å². The van der Waals surface area contributed by atoms with Gasteiger partial charge in [-0.05, 0) is 35.4 Å². The summed E-state index contributed by atoms with van der Waals surface area (Å²) in [4.78, 5) is 0. The van der Waals surface area contributed by atoms with Crippen LogP contribution in [0.1, 0.15) is 22.3 Å². The Kier molecular flexibility index (Phi) is 6.44. The molecular weight excluding hydrogens is 368 g/mol. The van der Waals surface area contributed by atoms with Crippen LogP contribution in [-0.2, 0) is 6.61 Å². The van der Waals surface area contributed by atoms with Crippen molar-refractivity contribution in [3.05, 3.63) is 138 Å². The van der Waals surface area contributed by atoms with Crippen LogP contribution in [0.25, 0.3) is 0 Å². The minimum Gasteiger partial charge on any atom is -0.489 e. The first-order valence-electron chi connectivity index (χ1n) is 9.87. The van der Waals surface area contributed by atoms with Crippen molar-refractivity contribution in [1.82, 2.24) is 0 Å². The molecule has 4 aromatic rings. The van der Waals surface area contributed by atoms with Crippen LogP contribution in [0.3, 0.4) is 0 Å². The summed E-state index contributed by atoms with van der Waals surface area (Å²) < 4.78 is 5.83. The first kappa shape index (κ1) is 19.3. The van der Waals surface area contributed by atoms with Gasteiger partial charge in [0.05, 0.1) is 6.21 Å². The van der Waals surface area contributed by atoms with Crippen molar-refractivity contribution in [1.29, 1.82) is 0 Å². The van der Waals surface area contributed by atoms with Crippen molar-refractivity contribution in [2.24, 2.45) is 10.2 Å². The number of rotatable bonds is 7. The summed E-state index contributed by atoms with van der Waals surface area (Å²) in [6.07, 6.45) is 1.76. The van der Waals surface area contributed by atoms with E-state index in [1.165, 1.54) is 0 Å². The number of hydrogen-bond donors (Lipinski definition) is 0. The molecule has 0 aliphatic rings. The molecule has 0 aromatic heterocycles. The van der Waals surface area contributed by atoms with Crippen LogP contribution in [0, 0.1) is 0 Å². The van der Waals surface area contributed by atoms with E-state index in [0.717, 1.165) is 33.7 Å². The van der Waals surface area contributed by atoms with Gasteiger partial charge in [0.25, 0.3) is 0 Å². The molecule has 0 aliphatic carbocycles. The van der Waals surface area contributed by atoms with E-state index in [0.29, 0.717) is 6.61 Å². The Hall–Kier alpha value is -3.98.